The second-order valence-electron chi connectivity index (χ2n) is 3.55. The average Bonchev–Trinajstić information content (AvgIpc) is 2.82. The van der Waals surface area contributed by atoms with Crippen LogP contribution < -0.4 is 4.74 Å². The first-order chi connectivity index (χ1) is 8.20. The van der Waals surface area contributed by atoms with Crippen molar-refractivity contribution in [3.63, 3.8) is 0 Å². The summed E-state index contributed by atoms with van der Waals surface area (Å²) in [6.07, 6.45) is 1.81. The van der Waals surface area contributed by atoms with Gasteiger partial charge in [0.15, 0.2) is 5.76 Å². The van der Waals surface area contributed by atoms with E-state index in [2.05, 4.69) is 15.9 Å². The molecule has 2 rings (SSSR count). The highest BCUT2D eigenvalue weighted by Gasteiger charge is 2.10. The molecule has 0 spiro atoms. The third-order valence-electron chi connectivity index (χ3n) is 2.38. The summed E-state index contributed by atoms with van der Waals surface area (Å²) in [5, 5.41) is 0. The van der Waals surface area contributed by atoms with Crippen molar-refractivity contribution in [1.29, 1.82) is 0 Å². The summed E-state index contributed by atoms with van der Waals surface area (Å²) >= 11 is 3.39. The number of rotatable bonds is 4. The van der Waals surface area contributed by atoms with E-state index in [-0.39, 0.29) is 5.78 Å². The van der Waals surface area contributed by atoms with Crippen molar-refractivity contribution in [2.24, 2.45) is 0 Å². The van der Waals surface area contributed by atoms with Crippen LogP contribution in [0.25, 0.3) is 0 Å². The number of hydrogen-bond acceptors (Lipinski definition) is 3. The van der Waals surface area contributed by atoms with Crippen molar-refractivity contribution in [3.8, 4) is 5.75 Å². The summed E-state index contributed by atoms with van der Waals surface area (Å²) in [5.41, 5.74) is 0.916. The second kappa shape index (κ2) is 5.19. The minimum Gasteiger partial charge on any atom is -0.496 e. The van der Waals surface area contributed by atoms with Crippen molar-refractivity contribution in [3.05, 3.63) is 52.4 Å². The molecule has 3 nitrogen and oxygen atoms in total. The molecule has 0 atom stereocenters. The number of ether oxygens (including phenoxy) is 1. The zero-order valence-electron chi connectivity index (χ0n) is 9.27. The van der Waals surface area contributed by atoms with Gasteiger partial charge in [0.05, 0.1) is 17.8 Å². The van der Waals surface area contributed by atoms with E-state index in [1.807, 2.05) is 18.2 Å². The number of carbonyl (C=O) groups is 1. The maximum atomic E-state index is 11.8. The van der Waals surface area contributed by atoms with Gasteiger partial charge in [0.1, 0.15) is 5.75 Å². The van der Waals surface area contributed by atoms with Gasteiger partial charge in [-0.2, -0.15) is 0 Å². The molecular formula is C13H11BrO3. The van der Waals surface area contributed by atoms with Crippen LogP contribution in [0.1, 0.15) is 16.1 Å². The smallest absolute Gasteiger partial charge is 0.202 e. The number of halogens is 1. The molecule has 17 heavy (non-hydrogen) atoms. The molecule has 0 saturated heterocycles. The van der Waals surface area contributed by atoms with Crippen LogP contribution in [0.2, 0.25) is 0 Å². The Labute approximate surface area is 108 Å². The molecule has 0 amide bonds. The van der Waals surface area contributed by atoms with E-state index in [4.69, 9.17) is 9.15 Å². The first kappa shape index (κ1) is 11.9. The van der Waals surface area contributed by atoms with Gasteiger partial charge in [0.25, 0.3) is 0 Å². The van der Waals surface area contributed by atoms with Crippen LogP contribution in [0.15, 0.2) is 45.5 Å². The van der Waals surface area contributed by atoms with E-state index < -0.39 is 0 Å². The molecule has 1 heterocycles. The molecule has 4 heteroatoms. The van der Waals surface area contributed by atoms with Gasteiger partial charge in [0.2, 0.25) is 5.78 Å². The average molecular weight is 295 g/mol. The van der Waals surface area contributed by atoms with E-state index in [9.17, 15) is 4.79 Å². The summed E-state index contributed by atoms with van der Waals surface area (Å²) in [4.78, 5) is 11.8. The normalized spacial score (nSPS) is 10.2. The van der Waals surface area contributed by atoms with Crippen LogP contribution in [0.5, 0.6) is 5.75 Å². The van der Waals surface area contributed by atoms with E-state index in [1.54, 1.807) is 19.2 Å². The lowest BCUT2D eigenvalue weighted by Gasteiger charge is -2.05. The van der Waals surface area contributed by atoms with Gasteiger partial charge < -0.3 is 9.15 Å². The Morgan fingerprint density at radius 3 is 2.82 bits per heavy atom. The summed E-state index contributed by atoms with van der Waals surface area (Å²) < 4.78 is 11.0. The Bertz CT molecular complexity index is 517. The van der Waals surface area contributed by atoms with Crippen molar-refractivity contribution in [2.75, 3.05) is 7.11 Å². The molecule has 0 bridgehead atoms. The van der Waals surface area contributed by atoms with E-state index >= 15 is 0 Å². The maximum absolute atomic E-state index is 11.8. The Balaban J connectivity index is 2.14. The van der Waals surface area contributed by atoms with Crippen molar-refractivity contribution >= 4 is 21.7 Å². The molecular weight excluding hydrogens is 284 g/mol. The maximum Gasteiger partial charge on any atom is 0.202 e. The fourth-order valence-corrected chi connectivity index (χ4v) is 2.12. The monoisotopic (exact) mass is 294 g/mol. The first-order valence-corrected chi connectivity index (χ1v) is 5.89. The second-order valence-corrected chi connectivity index (χ2v) is 4.40. The molecule has 0 N–H and O–H groups in total. The van der Waals surface area contributed by atoms with Crippen molar-refractivity contribution in [2.45, 2.75) is 6.42 Å². The lowest BCUT2D eigenvalue weighted by molar-refractivity contribution is 0.0966. The zero-order chi connectivity index (χ0) is 12.3. The zero-order valence-corrected chi connectivity index (χ0v) is 10.9. The molecule has 0 aliphatic rings. The van der Waals surface area contributed by atoms with Crippen LogP contribution in [0.3, 0.4) is 0 Å². The minimum atomic E-state index is -0.0351. The third kappa shape index (κ3) is 2.77. The predicted molar refractivity (Wildman–Crippen MR) is 67.4 cm³/mol. The number of carbonyl (C=O) groups excluding carboxylic acids is 1. The van der Waals surface area contributed by atoms with Crippen molar-refractivity contribution in [1.82, 2.24) is 0 Å². The Kier molecular flexibility index (Phi) is 3.64. The lowest BCUT2D eigenvalue weighted by Crippen LogP contribution is -2.02. The fraction of sp³-hybridized carbons (Fsp3) is 0.154. The summed E-state index contributed by atoms with van der Waals surface area (Å²) in [6, 6.07) is 8.94. The largest absolute Gasteiger partial charge is 0.496 e. The van der Waals surface area contributed by atoms with Crippen LogP contribution in [-0.4, -0.2) is 12.9 Å². The summed E-state index contributed by atoms with van der Waals surface area (Å²) in [7, 11) is 1.60. The highest BCUT2D eigenvalue weighted by molar-refractivity contribution is 9.10. The molecule has 0 fully saturated rings. The lowest BCUT2D eigenvalue weighted by atomic mass is 10.1. The van der Waals surface area contributed by atoms with Gasteiger partial charge in [-0.25, -0.2) is 0 Å². The number of benzene rings is 1. The number of ketones is 1. The Morgan fingerprint density at radius 1 is 1.41 bits per heavy atom. The Morgan fingerprint density at radius 2 is 2.24 bits per heavy atom. The molecule has 2 aromatic rings. The van der Waals surface area contributed by atoms with Crippen LogP contribution in [0.4, 0.5) is 0 Å². The molecule has 0 saturated carbocycles. The first-order valence-electron chi connectivity index (χ1n) is 5.10. The number of Topliss-reactive ketones (excluding diaryl/α,β-unsaturated/α-hetero) is 1. The number of furan rings is 1. The van der Waals surface area contributed by atoms with E-state index in [0.717, 1.165) is 15.8 Å². The third-order valence-corrected chi connectivity index (χ3v) is 3.00. The summed E-state index contributed by atoms with van der Waals surface area (Å²) in [6.45, 7) is 0. The van der Waals surface area contributed by atoms with Crippen molar-refractivity contribution < 1.29 is 13.9 Å². The van der Waals surface area contributed by atoms with Gasteiger partial charge in [-0.05, 0) is 45.8 Å². The topological polar surface area (TPSA) is 39.4 Å². The minimum absolute atomic E-state index is 0.0351. The Hall–Kier alpha value is -1.55. The van der Waals surface area contributed by atoms with Crippen LogP contribution >= 0.6 is 15.9 Å². The van der Waals surface area contributed by atoms with Crippen LogP contribution in [0, 0.1) is 0 Å². The van der Waals surface area contributed by atoms with Gasteiger partial charge in [0, 0.05) is 6.42 Å². The quantitative estimate of drug-likeness (QED) is 0.811. The highest BCUT2D eigenvalue weighted by atomic mass is 79.9. The molecule has 0 aliphatic heterocycles. The standard InChI is InChI=1S/C13H11BrO3/c1-16-12-5-4-9(7-10(12)14)8-11(15)13-3-2-6-17-13/h2-7H,8H2,1H3. The van der Waals surface area contributed by atoms with E-state index in [0.29, 0.717) is 12.2 Å². The molecule has 0 radical (unpaired) electrons. The van der Waals surface area contributed by atoms with E-state index in [1.165, 1.54) is 6.26 Å². The molecule has 88 valence electrons. The van der Waals surface area contributed by atoms with Crippen LogP contribution in [-0.2, 0) is 6.42 Å². The summed E-state index contributed by atoms with van der Waals surface area (Å²) in [5.74, 6) is 1.10. The van der Waals surface area contributed by atoms with Gasteiger partial charge in [-0.3, -0.25) is 4.79 Å². The predicted octanol–water partition coefficient (Wildman–Crippen LogP) is 3.48. The molecule has 1 aromatic carbocycles. The number of methoxy groups -OCH3 is 1. The molecule has 1 aromatic heterocycles. The molecule has 0 aliphatic carbocycles. The van der Waals surface area contributed by atoms with Gasteiger partial charge >= 0.3 is 0 Å². The highest BCUT2D eigenvalue weighted by Crippen LogP contribution is 2.26. The van der Waals surface area contributed by atoms with Gasteiger partial charge in [-0.1, -0.05) is 6.07 Å². The SMILES string of the molecule is COc1ccc(CC(=O)c2ccco2)cc1Br. The fourth-order valence-electron chi connectivity index (χ4n) is 1.53. The van der Waals surface area contributed by atoms with Gasteiger partial charge in [-0.15, -0.1) is 0 Å². The molecule has 0 unspecified atom stereocenters. The number of hydrogen-bond donors (Lipinski definition) is 0.